The van der Waals surface area contributed by atoms with Gasteiger partial charge in [0.15, 0.2) is 0 Å². The predicted octanol–water partition coefficient (Wildman–Crippen LogP) is 2.41. The molecule has 0 saturated heterocycles. The molecule has 0 atom stereocenters. The molecule has 3 heteroatoms. The largest absolute Gasteiger partial charge is 0.348 e. The smallest absolute Gasteiger partial charge is 0.309 e. The molecule has 0 aliphatic rings. The highest BCUT2D eigenvalue weighted by Gasteiger charge is 2.12. The van der Waals surface area contributed by atoms with Crippen molar-refractivity contribution in [1.29, 1.82) is 0 Å². The number of nitrogens with one attached hydrogen (secondary N) is 2. The molecule has 2 aromatic carbocycles. The molecular formula is C17H19N2O. The molecule has 0 saturated carbocycles. The zero-order valence-corrected chi connectivity index (χ0v) is 11.4. The predicted molar refractivity (Wildman–Crippen MR) is 81.0 cm³/mol. The maximum absolute atomic E-state index is 10.1. The summed E-state index contributed by atoms with van der Waals surface area (Å²) in [5.74, 6) is 0. The van der Waals surface area contributed by atoms with E-state index in [4.69, 9.17) is 0 Å². The summed E-state index contributed by atoms with van der Waals surface area (Å²) in [6.07, 6.45) is 2.57. The second-order valence-electron chi connectivity index (χ2n) is 4.59. The third-order valence-corrected chi connectivity index (χ3v) is 3.16. The standard InChI is InChI=1S/C17H19N2O/c20-14-18-12-7-13-19-17(15-8-3-1-4-9-15)16-10-5-2-6-11-16/h1-6,8-11,17,19H,7,12-13H2,(H,18,20). The zero-order valence-electron chi connectivity index (χ0n) is 11.4. The SMILES string of the molecule is O=[C]NCCCNC(c1ccccc1)c1ccccc1. The molecule has 2 aromatic rings. The van der Waals surface area contributed by atoms with Gasteiger partial charge < -0.3 is 10.6 Å². The molecule has 0 unspecified atom stereocenters. The van der Waals surface area contributed by atoms with E-state index >= 15 is 0 Å². The number of rotatable bonds is 8. The highest BCUT2D eigenvalue weighted by molar-refractivity contribution is 5.46. The molecule has 0 heterocycles. The van der Waals surface area contributed by atoms with Gasteiger partial charge in [0.25, 0.3) is 0 Å². The molecule has 0 fully saturated rings. The van der Waals surface area contributed by atoms with Crippen molar-refractivity contribution in [3.05, 3.63) is 71.8 Å². The van der Waals surface area contributed by atoms with E-state index in [-0.39, 0.29) is 6.04 Å². The lowest BCUT2D eigenvalue weighted by Gasteiger charge is -2.19. The maximum Gasteiger partial charge on any atom is 0.309 e. The van der Waals surface area contributed by atoms with Gasteiger partial charge >= 0.3 is 6.41 Å². The van der Waals surface area contributed by atoms with Crippen LogP contribution in [-0.4, -0.2) is 19.5 Å². The Bertz CT molecular complexity index is 459. The minimum Gasteiger partial charge on any atom is -0.348 e. The third kappa shape index (κ3) is 4.21. The van der Waals surface area contributed by atoms with Crippen molar-refractivity contribution < 1.29 is 4.79 Å². The molecule has 0 aliphatic carbocycles. The molecule has 20 heavy (non-hydrogen) atoms. The first kappa shape index (κ1) is 14.3. The normalized spacial score (nSPS) is 10.4. The molecule has 2 N–H and O–H groups in total. The fraction of sp³-hybridized carbons (Fsp3) is 0.235. The summed E-state index contributed by atoms with van der Waals surface area (Å²) < 4.78 is 0. The Balaban J connectivity index is 2.03. The van der Waals surface area contributed by atoms with Crippen molar-refractivity contribution in [2.24, 2.45) is 0 Å². The first-order valence-corrected chi connectivity index (χ1v) is 6.85. The van der Waals surface area contributed by atoms with Gasteiger partial charge in [-0.3, -0.25) is 4.79 Å². The van der Waals surface area contributed by atoms with Crippen LogP contribution in [0.15, 0.2) is 60.7 Å². The van der Waals surface area contributed by atoms with Crippen molar-refractivity contribution in [2.45, 2.75) is 12.5 Å². The van der Waals surface area contributed by atoms with Gasteiger partial charge in [0.1, 0.15) is 0 Å². The van der Waals surface area contributed by atoms with Crippen molar-refractivity contribution in [3.8, 4) is 0 Å². The first-order valence-electron chi connectivity index (χ1n) is 6.85. The van der Waals surface area contributed by atoms with Crippen LogP contribution in [0.1, 0.15) is 23.6 Å². The lowest BCUT2D eigenvalue weighted by atomic mass is 9.99. The van der Waals surface area contributed by atoms with E-state index in [9.17, 15) is 4.79 Å². The van der Waals surface area contributed by atoms with Crippen LogP contribution in [-0.2, 0) is 4.79 Å². The van der Waals surface area contributed by atoms with Gasteiger partial charge in [-0.1, -0.05) is 60.7 Å². The fourth-order valence-corrected chi connectivity index (χ4v) is 2.19. The van der Waals surface area contributed by atoms with Gasteiger partial charge in [0, 0.05) is 6.54 Å². The summed E-state index contributed by atoms with van der Waals surface area (Å²) in [7, 11) is 0. The average molecular weight is 267 g/mol. The Morgan fingerprint density at radius 1 is 0.850 bits per heavy atom. The van der Waals surface area contributed by atoms with Gasteiger partial charge in [0.2, 0.25) is 0 Å². The van der Waals surface area contributed by atoms with E-state index in [1.165, 1.54) is 11.1 Å². The van der Waals surface area contributed by atoms with Crippen molar-refractivity contribution in [2.75, 3.05) is 13.1 Å². The Kier molecular flexibility index (Phi) is 5.80. The van der Waals surface area contributed by atoms with E-state index in [2.05, 4.69) is 59.2 Å². The number of carbonyl (C=O) groups excluding carboxylic acids is 1. The van der Waals surface area contributed by atoms with Crippen LogP contribution < -0.4 is 10.6 Å². The Labute approximate surface area is 120 Å². The van der Waals surface area contributed by atoms with Crippen LogP contribution in [0, 0.1) is 0 Å². The minimum atomic E-state index is 0.178. The van der Waals surface area contributed by atoms with Gasteiger partial charge in [-0.25, -0.2) is 0 Å². The monoisotopic (exact) mass is 267 g/mol. The van der Waals surface area contributed by atoms with Crippen LogP contribution in [0.3, 0.4) is 0 Å². The minimum absolute atomic E-state index is 0.178. The molecular weight excluding hydrogens is 248 g/mol. The third-order valence-electron chi connectivity index (χ3n) is 3.16. The molecule has 1 amide bonds. The molecule has 0 bridgehead atoms. The summed E-state index contributed by atoms with van der Waals surface area (Å²) in [6, 6.07) is 20.9. The molecule has 0 spiro atoms. The maximum atomic E-state index is 10.1. The molecule has 0 aromatic heterocycles. The summed E-state index contributed by atoms with van der Waals surface area (Å²) in [6.45, 7) is 1.48. The van der Waals surface area contributed by atoms with E-state index in [0.29, 0.717) is 6.54 Å². The Morgan fingerprint density at radius 2 is 1.40 bits per heavy atom. The molecule has 103 valence electrons. The van der Waals surface area contributed by atoms with Gasteiger partial charge in [-0.2, -0.15) is 0 Å². The quantitative estimate of drug-likeness (QED) is 0.569. The zero-order chi connectivity index (χ0) is 14.0. The second kappa shape index (κ2) is 8.12. The average Bonchev–Trinajstić information content (AvgIpc) is 2.53. The van der Waals surface area contributed by atoms with Crippen LogP contribution in [0.2, 0.25) is 0 Å². The molecule has 1 radical (unpaired) electrons. The van der Waals surface area contributed by atoms with Crippen LogP contribution >= 0.6 is 0 Å². The number of amides is 1. The molecule has 0 aliphatic heterocycles. The number of hydrogen-bond donors (Lipinski definition) is 2. The highest BCUT2D eigenvalue weighted by atomic mass is 16.1. The summed E-state index contributed by atoms with van der Waals surface area (Å²) in [5.41, 5.74) is 2.49. The van der Waals surface area contributed by atoms with Crippen LogP contribution in [0.4, 0.5) is 0 Å². The van der Waals surface area contributed by atoms with Gasteiger partial charge in [-0.05, 0) is 24.1 Å². The second-order valence-corrected chi connectivity index (χ2v) is 4.59. The molecule has 3 nitrogen and oxygen atoms in total. The van der Waals surface area contributed by atoms with E-state index in [0.717, 1.165) is 13.0 Å². The first-order chi connectivity index (χ1) is 9.92. The van der Waals surface area contributed by atoms with Crippen molar-refractivity contribution in [1.82, 2.24) is 10.6 Å². The van der Waals surface area contributed by atoms with Gasteiger partial charge in [0.05, 0.1) is 6.04 Å². The van der Waals surface area contributed by atoms with E-state index in [1.54, 1.807) is 6.41 Å². The van der Waals surface area contributed by atoms with E-state index in [1.807, 2.05) is 12.1 Å². The highest BCUT2D eigenvalue weighted by Crippen LogP contribution is 2.21. The topological polar surface area (TPSA) is 41.1 Å². The Hall–Kier alpha value is -2.13. The summed E-state index contributed by atoms with van der Waals surface area (Å²) in [5, 5.41) is 6.10. The summed E-state index contributed by atoms with van der Waals surface area (Å²) in [4.78, 5) is 10.1. The lowest BCUT2D eigenvalue weighted by molar-refractivity contribution is 0.533. The lowest BCUT2D eigenvalue weighted by Crippen LogP contribution is -2.26. The van der Waals surface area contributed by atoms with Crippen LogP contribution in [0.25, 0.3) is 0 Å². The number of benzene rings is 2. The van der Waals surface area contributed by atoms with Gasteiger partial charge in [-0.15, -0.1) is 0 Å². The number of hydrogen-bond acceptors (Lipinski definition) is 2. The summed E-state index contributed by atoms with van der Waals surface area (Å²) >= 11 is 0. The van der Waals surface area contributed by atoms with Crippen molar-refractivity contribution in [3.63, 3.8) is 0 Å². The van der Waals surface area contributed by atoms with Crippen molar-refractivity contribution >= 4 is 6.41 Å². The van der Waals surface area contributed by atoms with Crippen LogP contribution in [0.5, 0.6) is 0 Å². The Morgan fingerprint density at radius 3 is 1.90 bits per heavy atom. The van der Waals surface area contributed by atoms with E-state index < -0.39 is 0 Å². The fourth-order valence-electron chi connectivity index (χ4n) is 2.19. The molecule has 2 rings (SSSR count).